The van der Waals surface area contributed by atoms with E-state index in [4.69, 9.17) is 4.74 Å². The number of hydrogen-bond acceptors (Lipinski definition) is 3. The molecule has 2 N–H and O–H groups in total. The van der Waals surface area contributed by atoms with Gasteiger partial charge in [0.15, 0.2) is 5.96 Å². The third-order valence-electron chi connectivity index (χ3n) is 3.48. The molecule has 1 unspecified atom stereocenters. The molecule has 1 aromatic heterocycles. The summed E-state index contributed by atoms with van der Waals surface area (Å²) in [7, 11) is 1.70. The zero-order valence-corrected chi connectivity index (χ0v) is 14.7. The van der Waals surface area contributed by atoms with Gasteiger partial charge in [-0.2, -0.15) is 0 Å². The molecular weight excluding hydrogens is 302 g/mol. The third kappa shape index (κ3) is 6.04. The Morgan fingerprint density at radius 1 is 1.38 bits per heavy atom. The minimum atomic E-state index is 0.209. The monoisotopic (exact) mass is 329 g/mol. The molecular formula is C18H27N5O. The predicted octanol–water partition coefficient (Wildman–Crippen LogP) is 2.02. The van der Waals surface area contributed by atoms with Crippen molar-refractivity contribution in [2.45, 2.75) is 33.0 Å². The van der Waals surface area contributed by atoms with E-state index < -0.39 is 0 Å². The molecule has 24 heavy (non-hydrogen) atoms. The van der Waals surface area contributed by atoms with E-state index in [2.05, 4.69) is 63.3 Å². The Hall–Kier alpha value is -2.34. The minimum absolute atomic E-state index is 0.209. The number of aromatic nitrogens is 2. The van der Waals surface area contributed by atoms with E-state index >= 15 is 0 Å². The number of imidazole rings is 1. The number of nitrogens with zero attached hydrogens (tertiary/aromatic N) is 3. The Balaban J connectivity index is 1.99. The SMILES string of the molecule is CCNC(=NCc1cccc(Cn2ccnc2)c1)NC(C)COC. The fraction of sp³-hybridized carbons (Fsp3) is 0.444. The fourth-order valence-corrected chi connectivity index (χ4v) is 2.43. The molecule has 2 rings (SSSR count). The van der Waals surface area contributed by atoms with Crippen molar-refractivity contribution in [1.82, 2.24) is 20.2 Å². The molecule has 0 aliphatic rings. The Kier molecular flexibility index (Phi) is 7.29. The highest BCUT2D eigenvalue weighted by Crippen LogP contribution is 2.08. The maximum absolute atomic E-state index is 5.16. The summed E-state index contributed by atoms with van der Waals surface area (Å²) in [6, 6.07) is 8.69. The van der Waals surface area contributed by atoms with E-state index in [1.807, 2.05) is 12.5 Å². The summed E-state index contributed by atoms with van der Waals surface area (Å²) in [5.74, 6) is 0.807. The summed E-state index contributed by atoms with van der Waals surface area (Å²) in [6.45, 7) is 7.05. The van der Waals surface area contributed by atoms with Gasteiger partial charge < -0.3 is 19.9 Å². The first-order valence-corrected chi connectivity index (χ1v) is 8.28. The van der Waals surface area contributed by atoms with Crippen LogP contribution in [0.4, 0.5) is 0 Å². The number of nitrogens with one attached hydrogen (secondary N) is 2. The second-order valence-corrected chi connectivity index (χ2v) is 5.75. The first kappa shape index (κ1) is 18.0. The van der Waals surface area contributed by atoms with E-state index in [0.717, 1.165) is 19.0 Å². The average Bonchev–Trinajstić information content (AvgIpc) is 3.06. The van der Waals surface area contributed by atoms with Crippen molar-refractivity contribution in [3.05, 3.63) is 54.1 Å². The molecule has 0 saturated heterocycles. The van der Waals surface area contributed by atoms with E-state index in [1.54, 1.807) is 13.3 Å². The maximum atomic E-state index is 5.16. The quantitative estimate of drug-likeness (QED) is 0.574. The van der Waals surface area contributed by atoms with Crippen molar-refractivity contribution < 1.29 is 4.74 Å². The van der Waals surface area contributed by atoms with Crippen LogP contribution in [0.3, 0.4) is 0 Å². The van der Waals surface area contributed by atoms with Crippen LogP contribution in [0.5, 0.6) is 0 Å². The number of benzene rings is 1. The summed E-state index contributed by atoms with van der Waals surface area (Å²) >= 11 is 0. The second-order valence-electron chi connectivity index (χ2n) is 5.75. The molecule has 1 atom stereocenters. The van der Waals surface area contributed by atoms with E-state index in [9.17, 15) is 0 Å². The standard InChI is InChI=1S/C18H27N5O/c1-4-20-18(22-15(2)13-24-3)21-11-16-6-5-7-17(10-16)12-23-9-8-19-14-23/h5-10,14-15H,4,11-13H2,1-3H3,(H2,20,21,22). The number of methoxy groups -OCH3 is 1. The lowest BCUT2D eigenvalue weighted by atomic mass is 10.1. The summed E-state index contributed by atoms with van der Waals surface area (Å²) in [6.07, 6.45) is 5.59. The van der Waals surface area contributed by atoms with Crippen molar-refractivity contribution in [3.8, 4) is 0 Å². The third-order valence-corrected chi connectivity index (χ3v) is 3.48. The van der Waals surface area contributed by atoms with Crippen molar-refractivity contribution in [2.75, 3.05) is 20.3 Å². The molecule has 0 saturated carbocycles. The van der Waals surface area contributed by atoms with Crippen LogP contribution in [0.25, 0.3) is 0 Å². The van der Waals surface area contributed by atoms with E-state index in [-0.39, 0.29) is 6.04 Å². The van der Waals surface area contributed by atoms with Gasteiger partial charge in [-0.3, -0.25) is 0 Å². The van der Waals surface area contributed by atoms with Crippen LogP contribution in [0.15, 0.2) is 48.0 Å². The number of hydrogen-bond donors (Lipinski definition) is 2. The van der Waals surface area contributed by atoms with Gasteiger partial charge in [0.05, 0.1) is 19.5 Å². The lowest BCUT2D eigenvalue weighted by Gasteiger charge is -2.17. The van der Waals surface area contributed by atoms with Crippen LogP contribution >= 0.6 is 0 Å². The van der Waals surface area contributed by atoms with Crippen molar-refractivity contribution in [3.63, 3.8) is 0 Å². The Morgan fingerprint density at radius 2 is 2.21 bits per heavy atom. The Morgan fingerprint density at radius 3 is 2.92 bits per heavy atom. The van der Waals surface area contributed by atoms with Crippen LogP contribution in [-0.2, 0) is 17.8 Å². The van der Waals surface area contributed by atoms with Gasteiger partial charge in [0, 0.05) is 38.6 Å². The van der Waals surface area contributed by atoms with Gasteiger partial charge in [-0.15, -0.1) is 0 Å². The van der Waals surface area contributed by atoms with Crippen LogP contribution in [-0.4, -0.2) is 41.8 Å². The Labute approximate surface area is 144 Å². The molecule has 6 nitrogen and oxygen atoms in total. The maximum Gasteiger partial charge on any atom is 0.191 e. The lowest BCUT2D eigenvalue weighted by molar-refractivity contribution is 0.179. The van der Waals surface area contributed by atoms with Gasteiger partial charge in [-0.05, 0) is 25.0 Å². The highest BCUT2D eigenvalue weighted by Gasteiger charge is 2.04. The molecule has 0 radical (unpaired) electrons. The first-order valence-electron chi connectivity index (χ1n) is 8.28. The molecule has 0 bridgehead atoms. The molecule has 0 aliphatic heterocycles. The summed E-state index contributed by atoms with van der Waals surface area (Å²) in [5.41, 5.74) is 2.43. The van der Waals surface area contributed by atoms with Gasteiger partial charge in [0.2, 0.25) is 0 Å². The second kappa shape index (κ2) is 9.72. The van der Waals surface area contributed by atoms with Crippen molar-refractivity contribution in [1.29, 1.82) is 0 Å². The van der Waals surface area contributed by atoms with Crippen molar-refractivity contribution >= 4 is 5.96 Å². The summed E-state index contributed by atoms with van der Waals surface area (Å²) in [4.78, 5) is 8.74. The number of guanidine groups is 1. The van der Waals surface area contributed by atoms with E-state index in [0.29, 0.717) is 13.2 Å². The molecule has 130 valence electrons. The fourth-order valence-electron chi connectivity index (χ4n) is 2.43. The van der Waals surface area contributed by atoms with Crippen LogP contribution in [0.2, 0.25) is 0 Å². The van der Waals surface area contributed by atoms with Gasteiger partial charge in [-0.1, -0.05) is 24.3 Å². The summed E-state index contributed by atoms with van der Waals surface area (Å²) in [5, 5.41) is 6.61. The lowest BCUT2D eigenvalue weighted by Crippen LogP contribution is -2.43. The molecule has 1 aromatic carbocycles. The smallest absolute Gasteiger partial charge is 0.191 e. The predicted molar refractivity (Wildman–Crippen MR) is 97.1 cm³/mol. The molecule has 1 heterocycles. The highest BCUT2D eigenvalue weighted by molar-refractivity contribution is 5.80. The summed E-state index contributed by atoms with van der Waals surface area (Å²) < 4.78 is 7.21. The zero-order valence-electron chi connectivity index (χ0n) is 14.7. The van der Waals surface area contributed by atoms with Crippen LogP contribution in [0, 0.1) is 0 Å². The largest absolute Gasteiger partial charge is 0.383 e. The molecule has 0 fully saturated rings. The number of rotatable bonds is 8. The highest BCUT2D eigenvalue weighted by atomic mass is 16.5. The number of ether oxygens (including phenoxy) is 1. The molecule has 0 spiro atoms. The average molecular weight is 329 g/mol. The topological polar surface area (TPSA) is 63.5 Å². The molecule has 0 amide bonds. The van der Waals surface area contributed by atoms with Crippen LogP contribution < -0.4 is 10.6 Å². The minimum Gasteiger partial charge on any atom is -0.383 e. The van der Waals surface area contributed by atoms with E-state index in [1.165, 1.54) is 11.1 Å². The van der Waals surface area contributed by atoms with Gasteiger partial charge in [0.1, 0.15) is 0 Å². The van der Waals surface area contributed by atoms with Gasteiger partial charge in [0.25, 0.3) is 0 Å². The molecule has 6 heteroatoms. The number of aliphatic imine (C=N–C) groups is 1. The first-order chi connectivity index (χ1) is 11.7. The zero-order chi connectivity index (χ0) is 17.2. The molecule has 2 aromatic rings. The normalized spacial score (nSPS) is 12.9. The van der Waals surface area contributed by atoms with Crippen molar-refractivity contribution in [2.24, 2.45) is 4.99 Å². The van der Waals surface area contributed by atoms with Gasteiger partial charge >= 0.3 is 0 Å². The van der Waals surface area contributed by atoms with Gasteiger partial charge in [-0.25, -0.2) is 9.98 Å². The van der Waals surface area contributed by atoms with Crippen LogP contribution in [0.1, 0.15) is 25.0 Å². The molecule has 0 aliphatic carbocycles. The Bertz CT molecular complexity index is 624.